The minimum atomic E-state index is -2.04. The zero-order valence-electron chi connectivity index (χ0n) is 12.5. The van der Waals surface area contributed by atoms with Crippen molar-refractivity contribution in [3.8, 4) is 11.4 Å². The van der Waals surface area contributed by atoms with Gasteiger partial charge in [-0.25, -0.2) is 0 Å². The Bertz CT molecular complexity index is 700. The molecule has 0 unspecified atom stereocenters. The van der Waals surface area contributed by atoms with E-state index in [0.29, 0.717) is 5.56 Å². The molecule has 2 atom stereocenters. The highest BCUT2D eigenvalue weighted by Gasteiger charge is 2.33. The summed E-state index contributed by atoms with van der Waals surface area (Å²) >= 11 is 33.7. The van der Waals surface area contributed by atoms with Crippen LogP contribution < -0.4 is 10.6 Å². The van der Waals surface area contributed by atoms with E-state index in [4.69, 9.17) is 69.6 Å². The number of nitrogens with one attached hydrogen (secondary N) is 2. The van der Waals surface area contributed by atoms with Gasteiger partial charge in [-0.3, -0.25) is 0 Å². The molecule has 26 heavy (non-hydrogen) atoms. The van der Waals surface area contributed by atoms with Crippen LogP contribution in [0.15, 0.2) is 30.3 Å². The number of aromatic nitrogens is 3. The van der Waals surface area contributed by atoms with Crippen LogP contribution in [0, 0.1) is 0 Å². The van der Waals surface area contributed by atoms with Crippen molar-refractivity contribution in [1.29, 1.82) is 0 Å². The normalized spacial score (nSPS) is 14.6. The number of rotatable bonds is 5. The van der Waals surface area contributed by atoms with E-state index in [1.807, 2.05) is 6.07 Å². The van der Waals surface area contributed by atoms with E-state index < -0.39 is 20.0 Å². The van der Waals surface area contributed by atoms with Gasteiger partial charge in [-0.05, 0) is 0 Å². The van der Waals surface area contributed by atoms with Gasteiger partial charge in [0.25, 0.3) is 0 Å². The molecule has 7 nitrogen and oxygen atoms in total. The summed E-state index contributed by atoms with van der Waals surface area (Å²) in [6.07, 6.45) is -3.24. The highest BCUT2D eigenvalue weighted by molar-refractivity contribution is 6.68. The average molecular weight is 482 g/mol. The first-order chi connectivity index (χ1) is 12.0. The molecule has 0 radical (unpaired) electrons. The predicted octanol–water partition coefficient (Wildman–Crippen LogP) is 3.74. The molecule has 2 aromatic rings. The van der Waals surface area contributed by atoms with Gasteiger partial charge in [0, 0.05) is 5.56 Å². The fourth-order valence-electron chi connectivity index (χ4n) is 1.63. The number of aliphatic hydroxyl groups is 2. The van der Waals surface area contributed by atoms with Crippen molar-refractivity contribution in [2.24, 2.45) is 0 Å². The first-order valence-electron chi connectivity index (χ1n) is 6.81. The van der Waals surface area contributed by atoms with Gasteiger partial charge in [-0.1, -0.05) is 99.9 Å². The number of halogens is 6. The summed E-state index contributed by atoms with van der Waals surface area (Å²) < 4.78 is -4.07. The minimum Gasteiger partial charge on any atom is -0.369 e. The van der Waals surface area contributed by atoms with Gasteiger partial charge in [0.1, 0.15) is 0 Å². The number of nitrogens with zero attached hydrogens (tertiary/aromatic N) is 3. The zero-order chi connectivity index (χ0) is 19.5. The van der Waals surface area contributed by atoms with Crippen LogP contribution in [-0.2, 0) is 0 Å². The number of benzene rings is 1. The lowest BCUT2D eigenvalue weighted by molar-refractivity contribution is 0.206. The number of hydrogen-bond donors (Lipinski definition) is 4. The van der Waals surface area contributed by atoms with Crippen LogP contribution >= 0.6 is 69.6 Å². The van der Waals surface area contributed by atoms with E-state index >= 15 is 0 Å². The third-order valence-electron chi connectivity index (χ3n) is 2.82. The Morgan fingerprint density at radius 3 is 1.54 bits per heavy atom. The quantitative estimate of drug-likeness (QED) is 0.381. The smallest absolute Gasteiger partial charge is 0.234 e. The molecule has 1 aromatic heterocycles. The Labute approximate surface area is 178 Å². The second-order valence-electron chi connectivity index (χ2n) is 4.85. The fourth-order valence-corrected chi connectivity index (χ4v) is 1.96. The van der Waals surface area contributed by atoms with E-state index in [0.717, 1.165) is 0 Å². The molecule has 2 rings (SSSR count). The van der Waals surface area contributed by atoms with Gasteiger partial charge < -0.3 is 20.8 Å². The zero-order valence-corrected chi connectivity index (χ0v) is 17.1. The second kappa shape index (κ2) is 8.67. The molecule has 1 aromatic carbocycles. The third kappa shape index (κ3) is 6.28. The second-order valence-corrected chi connectivity index (χ2v) is 9.59. The van der Waals surface area contributed by atoms with E-state index in [9.17, 15) is 10.2 Å². The summed E-state index contributed by atoms with van der Waals surface area (Å²) in [5.41, 5.74) is 0.618. The van der Waals surface area contributed by atoms with Gasteiger partial charge in [0.05, 0.1) is 0 Å². The van der Waals surface area contributed by atoms with Crippen molar-refractivity contribution in [3.63, 3.8) is 0 Å². The van der Waals surface area contributed by atoms with Crippen LogP contribution in [0.5, 0.6) is 0 Å². The number of hydrogen-bond acceptors (Lipinski definition) is 7. The Kier molecular flexibility index (Phi) is 7.26. The van der Waals surface area contributed by atoms with Gasteiger partial charge in [0.15, 0.2) is 18.3 Å². The molecule has 142 valence electrons. The van der Waals surface area contributed by atoms with Crippen molar-refractivity contribution in [3.05, 3.63) is 30.3 Å². The van der Waals surface area contributed by atoms with Crippen molar-refractivity contribution in [1.82, 2.24) is 15.0 Å². The Morgan fingerprint density at radius 1 is 0.731 bits per heavy atom. The molecule has 0 aliphatic heterocycles. The van der Waals surface area contributed by atoms with Crippen molar-refractivity contribution in [2.45, 2.75) is 20.0 Å². The van der Waals surface area contributed by atoms with Crippen LogP contribution in [0.2, 0.25) is 0 Å². The maximum atomic E-state index is 9.86. The summed E-state index contributed by atoms with van der Waals surface area (Å²) in [6, 6.07) is 8.82. The Morgan fingerprint density at radius 2 is 1.15 bits per heavy atom. The summed E-state index contributed by atoms with van der Waals surface area (Å²) in [5, 5.41) is 24.6. The van der Waals surface area contributed by atoms with Crippen LogP contribution in [0.4, 0.5) is 11.9 Å². The highest BCUT2D eigenvalue weighted by atomic mass is 35.6. The molecular formula is C13H11Cl6N5O2. The van der Waals surface area contributed by atoms with Crippen LogP contribution in [0.1, 0.15) is 0 Å². The molecule has 0 aliphatic carbocycles. The molecule has 0 fully saturated rings. The maximum absolute atomic E-state index is 9.86. The Hall–Kier alpha value is -0.510. The predicted molar refractivity (Wildman–Crippen MR) is 105 cm³/mol. The van der Waals surface area contributed by atoms with Gasteiger partial charge in [-0.2, -0.15) is 15.0 Å². The first kappa shape index (κ1) is 21.8. The van der Waals surface area contributed by atoms with Crippen LogP contribution in [-0.4, -0.2) is 45.2 Å². The largest absolute Gasteiger partial charge is 0.369 e. The van der Waals surface area contributed by atoms with E-state index in [-0.39, 0.29) is 17.7 Å². The average Bonchev–Trinajstić information content (AvgIpc) is 2.53. The molecule has 0 saturated heterocycles. The topological polar surface area (TPSA) is 103 Å². The molecule has 1 heterocycles. The van der Waals surface area contributed by atoms with E-state index in [2.05, 4.69) is 25.6 Å². The Balaban J connectivity index is 2.39. The van der Waals surface area contributed by atoms with Gasteiger partial charge in [0.2, 0.25) is 19.5 Å². The summed E-state index contributed by atoms with van der Waals surface area (Å²) in [6.45, 7) is 0. The lowest BCUT2D eigenvalue weighted by Crippen LogP contribution is -2.35. The lowest BCUT2D eigenvalue weighted by Gasteiger charge is -2.22. The monoisotopic (exact) mass is 479 g/mol. The van der Waals surface area contributed by atoms with Crippen molar-refractivity contribution in [2.75, 3.05) is 10.6 Å². The summed E-state index contributed by atoms with van der Waals surface area (Å²) in [4.78, 5) is 12.2. The van der Waals surface area contributed by atoms with E-state index in [1.165, 1.54) is 0 Å². The molecule has 0 aliphatic rings. The fraction of sp³-hybridized carbons (Fsp3) is 0.308. The van der Waals surface area contributed by atoms with Gasteiger partial charge >= 0.3 is 0 Å². The highest BCUT2D eigenvalue weighted by Crippen LogP contribution is 2.32. The number of aliphatic hydroxyl groups excluding tert-OH is 2. The molecule has 13 heteroatoms. The van der Waals surface area contributed by atoms with Crippen LogP contribution in [0.3, 0.4) is 0 Å². The van der Waals surface area contributed by atoms with Crippen LogP contribution in [0.25, 0.3) is 11.4 Å². The standard InChI is InChI=1S/C13H11Cl6N5O2/c14-12(15,16)8(25)22-10-20-7(6-4-2-1-3-5-6)21-11(24-10)23-9(26)13(17,18)19/h1-5,8-9,25-26H,(H2,20,21,22,23,24)/t8-,9-/m1/s1. The van der Waals surface area contributed by atoms with Crippen molar-refractivity contribution >= 4 is 81.5 Å². The minimum absolute atomic E-state index is 0.142. The summed E-state index contributed by atoms with van der Waals surface area (Å²) in [7, 11) is 0. The molecule has 0 amide bonds. The maximum Gasteiger partial charge on any atom is 0.234 e. The van der Waals surface area contributed by atoms with Crippen molar-refractivity contribution < 1.29 is 10.2 Å². The number of anilines is 2. The molecule has 4 N–H and O–H groups in total. The number of alkyl halides is 6. The van der Waals surface area contributed by atoms with Gasteiger partial charge in [-0.15, -0.1) is 0 Å². The SMILES string of the molecule is O[C@@H](Nc1nc(N[C@H](O)C(Cl)(Cl)Cl)nc(-c2ccccc2)n1)C(Cl)(Cl)Cl. The first-order valence-corrected chi connectivity index (χ1v) is 9.08. The third-order valence-corrected chi connectivity index (χ3v) is 4.06. The molecule has 0 saturated carbocycles. The molecular weight excluding hydrogens is 471 g/mol. The van der Waals surface area contributed by atoms with E-state index in [1.54, 1.807) is 24.3 Å². The lowest BCUT2D eigenvalue weighted by atomic mass is 10.2. The molecule has 0 bridgehead atoms. The molecule has 0 spiro atoms. The summed E-state index contributed by atoms with van der Waals surface area (Å²) in [5.74, 6) is -0.0907.